The molecule has 0 saturated carbocycles. The Labute approximate surface area is 125 Å². The van der Waals surface area contributed by atoms with Crippen LogP contribution in [0.2, 0.25) is 0 Å². The fourth-order valence-electron chi connectivity index (χ4n) is 1.18. The predicted octanol–water partition coefficient (Wildman–Crippen LogP) is -1.47. The normalized spacial score (nSPS) is 12.8. The fraction of sp³-hybridized carbons (Fsp3) is 0.800. The molecule has 9 nitrogen and oxygen atoms in total. The van der Waals surface area contributed by atoms with Crippen molar-refractivity contribution >= 4 is 25.9 Å². The first-order valence-corrected chi connectivity index (χ1v) is 9.48. The molecule has 0 saturated heterocycles. The van der Waals surface area contributed by atoms with Gasteiger partial charge in [0.05, 0.1) is 29.9 Å². The van der Waals surface area contributed by atoms with Crippen molar-refractivity contribution in [2.75, 3.05) is 24.3 Å². The molecular weight excluding hydrogens is 322 g/mol. The third-order valence-corrected chi connectivity index (χ3v) is 3.74. The van der Waals surface area contributed by atoms with Crippen molar-refractivity contribution in [2.24, 2.45) is 11.7 Å². The number of hydrogen-bond donors (Lipinski definition) is 3. The Morgan fingerprint density at radius 1 is 1.29 bits per heavy atom. The number of carbonyl (C=O) groups is 1. The molecule has 21 heavy (non-hydrogen) atoms. The van der Waals surface area contributed by atoms with E-state index in [-0.39, 0.29) is 24.0 Å². The third-order valence-electron chi connectivity index (χ3n) is 1.70. The highest BCUT2D eigenvalue weighted by molar-refractivity contribution is 7.91. The standard InChI is InChI=1S/C9H17N3O3S.CH4O3S/c1-7(2)5-16(14,15)6-8(11)9(13)12-4-3-10;1-5(2,3)4/h7-8H,4-6,11H2,1-2H3,(H,12,13);1H3,(H,2,3,4)/t8-;/m0./s1. The Hall–Kier alpha value is -1.22. The van der Waals surface area contributed by atoms with Crippen LogP contribution < -0.4 is 11.1 Å². The van der Waals surface area contributed by atoms with Crippen LogP contribution in [0.5, 0.6) is 0 Å². The zero-order valence-electron chi connectivity index (χ0n) is 12.1. The summed E-state index contributed by atoms with van der Waals surface area (Å²) in [6.45, 7) is 3.38. The van der Waals surface area contributed by atoms with E-state index >= 15 is 0 Å². The summed E-state index contributed by atoms with van der Waals surface area (Å²) in [7, 11) is -6.99. The first-order chi connectivity index (χ1) is 9.28. The molecule has 0 aromatic rings. The molecule has 1 atom stereocenters. The van der Waals surface area contributed by atoms with Crippen molar-refractivity contribution in [1.82, 2.24) is 5.32 Å². The van der Waals surface area contributed by atoms with Gasteiger partial charge in [-0.2, -0.15) is 13.7 Å². The van der Waals surface area contributed by atoms with Crippen molar-refractivity contribution in [3.8, 4) is 6.07 Å². The van der Waals surface area contributed by atoms with Gasteiger partial charge in [0.15, 0.2) is 9.84 Å². The van der Waals surface area contributed by atoms with Gasteiger partial charge in [0.2, 0.25) is 5.91 Å². The van der Waals surface area contributed by atoms with Crippen molar-refractivity contribution in [2.45, 2.75) is 19.9 Å². The van der Waals surface area contributed by atoms with E-state index in [0.717, 1.165) is 0 Å². The van der Waals surface area contributed by atoms with Gasteiger partial charge in [-0.3, -0.25) is 9.35 Å². The molecule has 0 aromatic carbocycles. The quantitative estimate of drug-likeness (QED) is 0.388. The molecule has 4 N–H and O–H groups in total. The van der Waals surface area contributed by atoms with Crippen LogP contribution in [-0.2, 0) is 24.7 Å². The van der Waals surface area contributed by atoms with E-state index in [4.69, 9.17) is 15.5 Å². The van der Waals surface area contributed by atoms with Crippen molar-refractivity contribution in [3.05, 3.63) is 0 Å². The molecule has 0 rings (SSSR count). The second-order valence-corrected chi connectivity index (χ2v) is 8.31. The molecule has 0 aliphatic rings. The molecule has 11 heteroatoms. The zero-order valence-corrected chi connectivity index (χ0v) is 13.7. The SMILES string of the molecule is CC(C)CS(=O)(=O)C[C@H](N)C(=O)NCC#N.CS(=O)(=O)O. The monoisotopic (exact) mass is 343 g/mol. The van der Waals surface area contributed by atoms with Gasteiger partial charge in [0.25, 0.3) is 10.1 Å². The lowest BCUT2D eigenvalue weighted by Crippen LogP contribution is -2.45. The first kappa shape index (κ1) is 22.1. The van der Waals surface area contributed by atoms with Gasteiger partial charge in [-0.15, -0.1) is 0 Å². The summed E-state index contributed by atoms with van der Waals surface area (Å²) in [6, 6.07) is 0.598. The molecule has 0 radical (unpaired) electrons. The maximum absolute atomic E-state index is 11.5. The van der Waals surface area contributed by atoms with Crippen LogP contribution in [0.4, 0.5) is 0 Å². The lowest BCUT2D eigenvalue weighted by atomic mass is 10.3. The Kier molecular flexibility index (Phi) is 10.2. The smallest absolute Gasteiger partial charge is 0.261 e. The summed E-state index contributed by atoms with van der Waals surface area (Å²) in [5.74, 6) is -0.998. The lowest BCUT2D eigenvalue weighted by molar-refractivity contribution is -0.121. The van der Waals surface area contributed by atoms with Crippen molar-refractivity contribution in [1.29, 1.82) is 5.26 Å². The van der Waals surface area contributed by atoms with Crippen LogP contribution in [0, 0.1) is 17.2 Å². The van der Waals surface area contributed by atoms with Gasteiger partial charge in [-0.25, -0.2) is 8.42 Å². The summed E-state index contributed by atoms with van der Waals surface area (Å²) in [5, 5.41) is 10.4. The van der Waals surface area contributed by atoms with E-state index in [0.29, 0.717) is 6.26 Å². The number of sulfone groups is 1. The highest BCUT2D eigenvalue weighted by Crippen LogP contribution is 2.02. The Balaban J connectivity index is 0. The second kappa shape index (κ2) is 9.67. The van der Waals surface area contributed by atoms with E-state index in [9.17, 15) is 21.6 Å². The molecule has 1 amide bonds. The minimum absolute atomic E-state index is 0.000584. The average Bonchev–Trinajstić information content (AvgIpc) is 2.20. The average molecular weight is 343 g/mol. The van der Waals surface area contributed by atoms with Gasteiger partial charge < -0.3 is 11.1 Å². The van der Waals surface area contributed by atoms with Crippen LogP contribution in [-0.4, -0.2) is 57.6 Å². The summed E-state index contributed by atoms with van der Waals surface area (Å²) in [4.78, 5) is 11.2. The topological polar surface area (TPSA) is 167 Å². The Morgan fingerprint density at radius 3 is 2.05 bits per heavy atom. The summed E-state index contributed by atoms with van der Waals surface area (Å²) >= 11 is 0. The van der Waals surface area contributed by atoms with Crippen LogP contribution >= 0.6 is 0 Å². The van der Waals surface area contributed by atoms with E-state index in [2.05, 4.69) is 5.32 Å². The molecule has 0 spiro atoms. The van der Waals surface area contributed by atoms with E-state index < -0.39 is 31.9 Å². The van der Waals surface area contributed by atoms with Gasteiger partial charge >= 0.3 is 0 Å². The number of hydrogen-bond acceptors (Lipinski definition) is 7. The number of nitrogens with zero attached hydrogens (tertiary/aromatic N) is 1. The molecule has 0 bridgehead atoms. The fourth-order valence-corrected chi connectivity index (χ4v) is 3.03. The van der Waals surface area contributed by atoms with Gasteiger partial charge in [-0.1, -0.05) is 13.8 Å². The Bertz CT molecular complexity index is 554. The van der Waals surface area contributed by atoms with Crippen molar-refractivity contribution < 1.29 is 26.2 Å². The number of amides is 1. The molecular formula is C10H21N3O6S2. The number of rotatable bonds is 6. The highest BCUT2D eigenvalue weighted by atomic mass is 32.2. The Morgan fingerprint density at radius 2 is 1.71 bits per heavy atom. The third kappa shape index (κ3) is 18.8. The van der Waals surface area contributed by atoms with Gasteiger partial charge in [0, 0.05) is 0 Å². The molecule has 0 unspecified atom stereocenters. The van der Waals surface area contributed by atoms with Crippen LogP contribution in [0.3, 0.4) is 0 Å². The minimum atomic E-state index is -3.67. The zero-order chi connectivity index (χ0) is 17.3. The molecule has 0 fully saturated rings. The number of nitriles is 1. The molecule has 0 aliphatic carbocycles. The number of nitrogens with two attached hydrogens (primary N) is 1. The second-order valence-electron chi connectivity index (χ2n) is 4.69. The van der Waals surface area contributed by atoms with E-state index in [1.165, 1.54) is 0 Å². The van der Waals surface area contributed by atoms with Crippen LogP contribution in [0.25, 0.3) is 0 Å². The molecule has 0 heterocycles. The highest BCUT2D eigenvalue weighted by Gasteiger charge is 2.22. The lowest BCUT2D eigenvalue weighted by Gasteiger charge is -2.12. The van der Waals surface area contributed by atoms with Crippen molar-refractivity contribution in [3.63, 3.8) is 0 Å². The van der Waals surface area contributed by atoms with E-state index in [1.54, 1.807) is 19.9 Å². The number of nitrogens with one attached hydrogen (secondary N) is 1. The molecule has 124 valence electrons. The molecule has 0 aliphatic heterocycles. The summed E-state index contributed by atoms with van der Waals surface area (Å²) in [5.41, 5.74) is 5.42. The van der Waals surface area contributed by atoms with Gasteiger partial charge in [0.1, 0.15) is 6.54 Å². The first-order valence-electron chi connectivity index (χ1n) is 5.81. The largest absolute Gasteiger partial charge is 0.342 e. The summed E-state index contributed by atoms with van der Waals surface area (Å²) < 4.78 is 48.9. The summed E-state index contributed by atoms with van der Waals surface area (Å²) in [6.07, 6.45) is 0.715. The van der Waals surface area contributed by atoms with Crippen LogP contribution in [0.15, 0.2) is 0 Å². The molecule has 0 aromatic heterocycles. The number of carbonyl (C=O) groups excluding carboxylic acids is 1. The van der Waals surface area contributed by atoms with Crippen LogP contribution in [0.1, 0.15) is 13.8 Å². The minimum Gasteiger partial charge on any atom is -0.342 e. The maximum atomic E-state index is 11.5. The van der Waals surface area contributed by atoms with Gasteiger partial charge in [-0.05, 0) is 5.92 Å². The predicted molar refractivity (Wildman–Crippen MR) is 77.6 cm³/mol. The maximum Gasteiger partial charge on any atom is 0.261 e. The van der Waals surface area contributed by atoms with E-state index in [1.807, 2.05) is 0 Å².